The number of hydrogen-bond acceptors (Lipinski definition) is 5. The first kappa shape index (κ1) is 22.3. The second-order valence-corrected chi connectivity index (χ2v) is 9.40. The maximum Gasteiger partial charge on any atom is 0.255 e. The number of amides is 1. The van der Waals surface area contributed by atoms with Crippen LogP contribution >= 0.6 is 0 Å². The molecule has 0 radical (unpaired) electrons. The van der Waals surface area contributed by atoms with E-state index >= 15 is 0 Å². The number of aromatic amines is 1. The maximum absolute atomic E-state index is 14.8. The summed E-state index contributed by atoms with van der Waals surface area (Å²) in [6, 6.07) is 5.98. The largest absolute Gasteiger partial charge is 0.492 e. The molecule has 0 saturated carbocycles. The molecule has 7 nitrogen and oxygen atoms in total. The van der Waals surface area contributed by atoms with Gasteiger partial charge >= 0.3 is 0 Å². The van der Waals surface area contributed by atoms with Crippen LogP contribution in [0.15, 0.2) is 36.7 Å². The summed E-state index contributed by atoms with van der Waals surface area (Å²) < 4.78 is 40.2. The van der Waals surface area contributed by atoms with Crippen LogP contribution in [0.1, 0.15) is 42.2 Å². The summed E-state index contributed by atoms with van der Waals surface area (Å²) in [5.41, 5.74) is 2.40. The van der Waals surface area contributed by atoms with Gasteiger partial charge in [0, 0.05) is 35.3 Å². The molecular weight excluding hydrogens is 442 g/mol. The molecule has 2 aliphatic heterocycles. The predicted octanol–water partition coefficient (Wildman–Crippen LogP) is 4.75. The van der Waals surface area contributed by atoms with Gasteiger partial charge in [-0.05, 0) is 24.6 Å². The van der Waals surface area contributed by atoms with Gasteiger partial charge in [-0.3, -0.25) is 9.78 Å². The van der Waals surface area contributed by atoms with E-state index in [4.69, 9.17) is 9.47 Å². The van der Waals surface area contributed by atoms with Crippen molar-refractivity contribution in [1.82, 2.24) is 15.3 Å². The Morgan fingerprint density at radius 2 is 2.09 bits per heavy atom. The Kier molecular flexibility index (Phi) is 5.51. The summed E-state index contributed by atoms with van der Waals surface area (Å²) in [6.45, 7) is 5.43. The number of H-pyrrole nitrogens is 1. The van der Waals surface area contributed by atoms with E-state index in [9.17, 15) is 13.6 Å². The molecule has 1 saturated heterocycles. The number of methoxy groups -OCH3 is 1. The van der Waals surface area contributed by atoms with Crippen molar-refractivity contribution in [1.29, 1.82) is 0 Å². The third-order valence-electron chi connectivity index (χ3n) is 6.67. The van der Waals surface area contributed by atoms with Crippen LogP contribution in [-0.4, -0.2) is 42.2 Å². The lowest BCUT2D eigenvalue weighted by molar-refractivity contribution is -0.172. The second kappa shape index (κ2) is 8.39. The van der Waals surface area contributed by atoms with E-state index in [1.807, 2.05) is 0 Å². The SMILES string of the molecule is COc1c(F)cccc1Nc1c(-c2ccncc2F)[nH]c2c1C(=O)NC[C@@H]2C[C@H]1OCC1(C)C. The van der Waals surface area contributed by atoms with Crippen LogP contribution in [0.2, 0.25) is 0 Å². The van der Waals surface area contributed by atoms with Crippen molar-refractivity contribution in [2.45, 2.75) is 32.3 Å². The normalized spacial score (nSPS) is 20.8. The number of ether oxygens (including phenoxy) is 2. The molecule has 0 unspecified atom stereocenters. The number of aromatic nitrogens is 2. The standard InChI is InChI=1S/C25H26F2N4O3/c1-25(2)12-34-18(25)9-13-10-29-24(32)19-20(13)31-21(14-7-8-28-11-16(14)27)22(19)30-17-6-4-5-15(26)23(17)33-3/h4-8,11,13,18,30-31H,9-10,12H2,1-3H3,(H,29,32)/t13-,18+/m0/s1. The highest BCUT2D eigenvalue weighted by Gasteiger charge is 2.43. The number of halogens is 2. The number of nitrogens with zero attached hydrogens (tertiary/aromatic N) is 1. The van der Waals surface area contributed by atoms with Crippen molar-refractivity contribution in [2.75, 3.05) is 25.6 Å². The Morgan fingerprint density at radius 3 is 2.76 bits per heavy atom. The van der Waals surface area contributed by atoms with E-state index in [0.29, 0.717) is 47.9 Å². The van der Waals surface area contributed by atoms with Crippen LogP contribution in [0.3, 0.4) is 0 Å². The lowest BCUT2D eigenvalue weighted by Gasteiger charge is -2.46. The number of hydrogen-bond donors (Lipinski definition) is 3. The highest BCUT2D eigenvalue weighted by Crippen LogP contribution is 2.45. The zero-order valence-electron chi connectivity index (χ0n) is 19.2. The minimum Gasteiger partial charge on any atom is -0.492 e. The van der Waals surface area contributed by atoms with Gasteiger partial charge in [0.25, 0.3) is 5.91 Å². The zero-order chi connectivity index (χ0) is 24.0. The first-order valence-electron chi connectivity index (χ1n) is 11.1. The second-order valence-electron chi connectivity index (χ2n) is 9.40. The number of nitrogens with one attached hydrogen (secondary N) is 3. The van der Waals surface area contributed by atoms with Gasteiger partial charge in [-0.25, -0.2) is 8.78 Å². The van der Waals surface area contributed by atoms with Gasteiger partial charge in [0.1, 0.15) is 0 Å². The van der Waals surface area contributed by atoms with E-state index in [-0.39, 0.29) is 34.7 Å². The first-order chi connectivity index (χ1) is 16.3. The molecular formula is C25H26F2N4O3. The van der Waals surface area contributed by atoms with Crippen molar-refractivity contribution >= 4 is 17.3 Å². The molecule has 9 heteroatoms. The molecule has 2 aliphatic rings. The number of benzene rings is 1. The molecule has 3 N–H and O–H groups in total. The van der Waals surface area contributed by atoms with Gasteiger partial charge in [-0.15, -0.1) is 0 Å². The molecule has 34 heavy (non-hydrogen) atoms. The smallest absolute Gasteiger partial charge is 0.255 e. The Morgan fingerprint density at radius 1 is 1.26 bits per heavy atom. The fourth-order valence-electron chi connectivity index (χ4n) is 4.70. The van der Waals surface area contributed by atoms with E-state index in [1.54, 1.807) is 6.07 Å². The number of fused-ring (bicyclic) bond motifs is 1. The van der Waals surface area contributed by atoms with E-state index in [0.717, 1.165) is 6.20 Å². The maximum atomic E-state index is 14.8. The topological polar surface area (TPSA) is 88.3 Å². The number of carbonyl (C=O) groups is 1. The predicted molar refractivity (Wildman–Crippen MR) is 123 cm³/mol. The van der Waals surface area contributed by atoms with Gasteiger partial charge in [-0.2, -0.15) is 0 Å². The van der Waals surface area contributed by atoms with Crippen LogP contribution in [0, 0.1) is 17.0 Å². The van der Waals surface area contributed by atoms with Gasteiger partial charge < -0.3 is 25.1 Å². The van der Waals surface area contributed by atoms with Crippen molar-refractivity contribution in [3.8, 4) is 17.0 Å². The Bertz CT molecular complexity index is 1260. The van der Waals surface area contributed by atoms with Gasteiger partial charge in [0.05, 0.1) is 48.6 Å². The summed E-state index contributed by atoms with van der Waals surface area (Å²) in [5.74, 6) is -1.47. The molecule has 0 bridgehead atoms. The molecule has 1 fully saturated rings. The van der Waals surface area contributed by atoms with Crippen LogP contribution < -0.4 is 15.4 Å². The van der Waals surface area contributed by atoms with Gasteiger partial charge in [-0.1, -0.05) is 19.9 Å². The summed E-state index contributed by atoms with van der Waals surface area (Å²) in [4.78, 5) is 20.2. The Balaban J connectivity index is 1.65. The van der Waals surface area contributed by atoms with Crippen LogP contribution in [0.5, 0.6) is 5.75 Å². The van der Waals surface area contributed by atoms with Crippen LogP contribution in [-0.2, 0) is 4.74 Å². The molecule has 1 amide bonds. The van der Waals surface area contributed by atoms with Crippen molar-refractivity contribution in [3.05, 3.63) is 59.6 Å². The number of pyridine rings is 1. The average molecular weight is 469 g/mol. The molecule has 5 rings (SSSR count). The van der Waals surface area contributed by atoms with E-state index < -0.39 is 11.6 Å². The first-order valence-corrected chi connectivity index (χ1v) is 11.1. The molecule has 2 atom stereocenters. The lowest BCUT2D eigenvalue weighted by Crippen LogP contribution is -2.49. The molecule has 0 aliphatic carbocycles. The molecule has 178 valence electrons. The van der Waals surface area contributed by atoms with Crippen molar-refractivity contribution in [2.24, 2.45) is 5.41 Å². The number of anilines is 2. The number of carbonyl (C=O) groups excluding carboxylic acids is 1. The zero-order valence-corrected chi connectivity index (χ0v) is 19.2. The molecule has 2 aromatic heterocycles. The number of rotatable bonds is 6. The van der Waals surface area contributed by atoms with E-state index in [1.165, 1.54) is 31.5 Å². The minimum absolute atomic E-state index is 0.00372. The molecule has 3 aromatic rings. The summed E-state index contributed by atoms with van der Waals surface area (Å²) >= 11 is 0. The molecule has 4 heterocycles. The third kappa shape index (κ3) is 3.69. The summed E-state index contributed by atoms with van der Waals surface area (Å²) in [7, 11) is 1.36. The van der Waals surface area contributed by atoms with E-state index in [2.05, 4.69) is 34.4 Å². The molecule has 0 spiro atoms. The number of para-hydroxylation sites is 1. The monoisotopic (exact) mass is 468 g/mol. The van der Waals surface area contributed by atoms with Crippen molar-refractivity contribution in [3.63, 3.8) is 0 Å². The summed E-state index contributed by atoms with van der Waals surface area (Å²) in [5, 5.41) is 6.09. The minimum atomic E-state index is -0.555. The van der Waals surface area contributed by atoms with Crippen LogP contribution in [0.25, 0.3) is 11.3 Å². The molecule has 1 aromatic carbocycles. The third-order valence-corrected chi connectivity index (χ3v) is 6.67. The lowest BCUT2D eigenvalue weighted by atomic mass is 9.76. The fraction of sp³-hybridized carbons (Fsp3) is 0.360. The Labute approximate surface area is 195 Å². The Hall–Kier alpha value is -3.46. The van der Waals surface area contributed by atoms with Gasteiger partial charge in [0.2, 0.25) is 0 Å². The highest BCUT2D eigenvalue weighted by molar-refractivity contribution is 6.06. The average Bonchev–Trinajstić information content (AvgIpc) is 3.18. The highest BCUT2D eigenvalue weighted by atomic mass is 19.1. The van der Waals surface area contributed by atoms with Gasteiger partial charge in [0.15, 0.2) is 17.4 Å². The van der Waals surface area contributed by atoms with Crippen LogP contribution in [0.4, 0.5) is 20.2 Å². The van der Waals surface area contributed by atoms with Crippen molar-refractivity contribution < 1.29 is 23.0 Å². The fourth-order valence-corrected chi connectivity index (χ4v) is 4.70. The quantitative estimate of drug-likeness (QED) is 0.486. The summed E-state index contributed by atoms with van der Waals surface area (Å²) in [6.07, 6.45) is 3.34.